The number of thiazole rings is 1. The fraction of sp³-hybridized carbons (Fsp3) is 0.429. The van der Waals surface area contributed by atoms with E-state index in [9.17, 15) is 9.90 Å². The van der Waals surface area contributed by atoms with Crippen molar-refractivity contribution < 1.29 is 9.90 Å². The molecule has 3 nitrogen and oxygen atoms in total. The SMILES string of the molecule is CC(O)(CC=O)c1scnc1Br. The Labute approximate surface area is 82.6 Å². The molecular formula is C7H8BrNO2S. The summed E-state index contributed by atoms with van der Waals surface area (Å²) >= 11 is 4.53. The molecule has 0 amide bonds. The van der Waals surface area contributed by atoms with Crippen molar-refractivity contribution in [2.24, 2.45) is 0 Å². The molecule has 1 rings (SSSR count). The van der Waals surface area contributed by atoms with Crippen molar-refractivity contribution in [3.63, 3.8) is 0 Å². The van der Waals surface area contributed by atoms with E-state index in [2.05, 4.69) is 20.9 Å². The Bertz CT molecular complexity index is 285. The molecular weight excluding hydrogens is 242 g/mol. The van der Waals surface area contributed by atoms with Crippen molar-refractivity contribution in [2.75, 3.05) is 0 Å². The van der Waals surface area contributed by atoms with Gasteiger partial charge in [0.15, 0.2) is 0 Å². The van der Waals surface area contributed by atoms with Gasteiger partial charge >= 0.3 is 0 Å². The van der Waals surface area contributed by atoms with E-state index in [0.29, 0.717) is 15.8 Å². The smallest absolute Gasteiger partial charge is 0.123 e. The Balaban J connectivity index is 2.96. The fourth-order valence-electron chi connectivity index (χ4n) is 0.837. The summed E-state index contributed by atoms with van der Waals surface area (Å²) in [5.41, 5.74) is 0.528. The molecule has 66 valence electrons. The van der Waals surface area contributed by atoms with E-state index in [4.69, 9.17) is 0 Å². The first kappa shape index (κ1) is 9.83. The minimum Gasteiger partial charge on any atom is -0.384 e. The van der Waals surface area contributed by atoms with Gasteiger partial charge in [0, 0.05) is 6.42 Å². The van der Waals surface area contributed by atoms with Crippen LogP contribution in [0.3, 0.4) is 0 Å². The minimum absolute atomic E-state index is 0.0911. The molecule has 1 atom stereocenters. The van der Waals surface area contributed by atoms with Gasteiger partial charge in [-0.2, -0.15) is 0 Å². The molecule has 0 fully saturated rings. The van der Waals surface area contributed by atoms with Gasteiger partial charge in [0.05, 0.1) is 10.4 Å². The van der Waals surface area contributed by atoms with Crippen molar-refractivity contribution in [2.45, 2.75) is 18.9 Å². The first-order chi connectivity index (χ1) is 5.58. The van der Waals surface area contributed by atoms with E-state index >= 15 is 0 Å². The average Bonchev–Trinajstić information content (AvgIpc) is 2.35. The van der Waals surface area contributed by atoms with Crippen LogP contribution in [0.15, 0.2) is 10.1 Å². The van der Waals surface area contributed by atoms with Crippen molar-refractivity contribution in [3.05, 3.63) is 15.0 Å². The van der Waals surface area contributed by atoms with E-state index < -0.39 is 5.60 Å². The number of hydrogen-bond acceptors (Lipinski definition) is 4. The average molecular weight is 250 g/mol. The Kier molecular flexibility index (Phi) is 2.98. The maximum absolute atomic E-state index is 10.2. The molecule has 0 aliphatic carbocycles. The van der Waals surface area contributed by atoms with Gasteiger partial charge in [0.25, 0.3) is 0 Å². The summed E-state index contributed by atoms with van der Waals surface area (Å²) in [6.45, 7) is 1.60. The lowest BCUT2D eigenvalue weighted by atomic mass is 10.0. The van der Waals surface area contributed by atoms with Crippen LogP contribution in [0.4, 0.5) is 0 Å². The number of nitrogens with zero attached hydrogens (tertiary/aromatic N) is 1. The maximum Gasteiger partial charge on any atom is 0.123 e. The molecule has 0 radical (unpaired) electrons. The highest BCUT2D eigenvalue weighted by atomic mass is 79.9. The molecule has 0 saturated heterocycles. The lowest BCUT2D eigenvalue weighted by Crippen LogP contribution is -2.20. The molecule has 1 N–H and O–H groups in total. The topological polar surface area (TPSA) is 50.2 Å². The standard InChI is InChI=1S/C7H8BrNO2S/c1-7(11,2-3-10)5-6(8)9-4-12-5/h3-4,11H,2H2,1H3. The third-order valence-electron chi connectivity index (χ3n) is 1.49. The van der Waals surface area contributed by atoms with Gasteiger partial charge in [0.1, 0.15) is 16.5 Å². The normalized spacial score (nSPS) is 15.6. The molecule has 0 aliphatic heterocycles. The predicted molar refractivity (Wildman–Crippen MR) is 50.1 cm³/mol. The van der Waals surface area contributed by atoms with Gasteiger partial charge in [-0.05, 0) is 22.9 Å². The molecule has 1 unspecified atom stereocenters. The molecule has 0 aliphatic rings. The van der Waals surface area contributed by atoms with E-state index in [0.717, 1.165) is 0 Å². The number of carbonyl (C=O) groups excluding carboxylic acids is 1. The second-order valence-corrected chi connectivity index (χ2v) is 4.22. The maximum atomic E-state index is 10.2. The fourth-order valence-corrected chi connectivity index (χ4v) is 2.53. The molecule has 1 aromatic heterocycles. The van der Waals surface area contributed by atoms with Crippen molar-refractivity contribution >= 4 is 33.6 Å². The number of halogens is 1. The molecule has 1 heterocycles. The van der Waals surface area contributed by atoms with Crippen molar-refractivity contribution in [1.82, 2.24) is 4.98 Å². The molecule has 5 heteroatoms. The van der Waals surface area contributed by atoms with E-state index in [1.54, 1.807) is 12.4 Å². The highest BCUT2D eigenvalue weighted by Gasteiger charge is 2.27. The first-order valence-electron chi connectivity index (χ1n) is 3.33. The van der Waals surface area contributed by atoms with Crippen LogP contribution < -0.4 is 0 Å². The van der Waals surface area contributed by atoms with Crippen molar-refractivity contribution in [3.8, 4) is 0 Å². The number of aromatic nitrogens is 1. The summed E-state index contributed by atoms with van der Waals surface area (Å²) in [4.78, 5) is 14.8. The lowest BCUT2D eigenvalue weighted by molar-refractivity contribution is -0.111. The van der Waals surface area contributed by atoms with Crippen LogP contribution in [-0.4, -0.2) is 16.4 Å². The van der Waals surface area contributed by atoms with E-state index in [1.165, 1.54) is 11.3 Å². The zero-order valence-corrected chi connectivity index (χ0v) is 8.85. The summed E-state index contributed by atoms with van der Waals surface area (Å²) in [7, 11) is 0. The lowest BCUT2D eigenvalue weighted by Gasteiger charge is -2.18. The molecule has 0 spiro atoms. The summed E-state index contributed by atoms with van der Waals surface area (Å²) in [6, 6.07) is 0. The van der Waals surface area contributed by atoms with Gasteiger partial charge in [-0.3, -0.25) is 0 Å². The number of carbonyl (C=O) groups is 1. The van der Waals surface area contributed by atoms with Crippen molar-refractivity contribution in [1.29, 1.82) is 0 Å². The second kappa shape index (κ2) is 3.64. The van der Waals surface area contributed by atoms with Crippen LogP contribution in [0.1, 0.15) is 18.2 Å². The largest absolute Gasteiger partial charge is 0.384 e. The number of rotatable bonds is 3. The summed E-state index contributed by atoms with van der Waals surface area (Å²) in [6.07, 6.45) is 0.792. The summed E-state index contributed by atoms with van der Waals surface area (Å²) in [5, 5.41) is 9.76. The quantitative estimate of drug-likeness (QED) is 0.830. The minimum atomic E-state index is -1.10. The summed E-state index contributed by atoms with van der Waals surface area (Å²) in [5.74, 6) is 0. The van der Waals surface area contributed by atoms with Crippen LogP contribution in [0.2, 0.25) is 0 Å². The van der Waals surface area contributed by atoms with Crippen LogP contribution in [0.5, 0.6) is 0 Å². The zero-order chi connectivity index (χ0) is 9.19. The van der Waals surface area contributed by atoms with Crippen LogP contribution >= 0.6 is 27.3 Å². The van der Waals surface area contributed by atoms with Gasteiger partial charge in [-0.25, -0.2) is 4.98 Å². The van der Waals surface area contributed by atoms with Gasteiger partial charge < -0.3 is 9.90 Å². The predicted octanol–water partition coefficient (Wildman–Crippen LogP) is 1.70. The monoisotopic (exact) mass is 249 g/mol. The molecule has 0 saturated carbocycles. The highest BCUT2D eigenvalue weighted by molar-refractivity contribution is 9.10. The molecule has 0 aromatic carbocycles. The molecule has 0 bridgehead atoms. The van der Waals surface area contributed by atoms with Gasteiger partial charge in [-0.15, -0.1) is 11.3 Å². The highest BCUT2D eigenvalue weighted by Crippen LogP contribution is 2.32. The first-order valence-corrected chi connectivity index (χ1v) is 5.00. The Morgan fingerprint density at radius 1 is 1.92 bits per heavy atom. The Hall–Kier alpha value is -0.260. The molecule has 1 aromatic rings. The third-order valence-corrected chi connectivity index (χ3v) is 3.44. The number of aliphatic hydroxyl groups is 1. The van der Waals surface area contributed by atoms with Crippen LogP contribution in [-0.2, 0) is 10.4 Å². The Morgan fingerprint density at radius 2 is 2.58 bits per heavy atom. The second-order valence-electron chi connectivity index (χ2n) is 2.62. The van der Waals surface area contributed by atoms with Gasteiger partial charge in [0.2, 0.25) is 0 Å². The molecule has 12 heavy (non-hydrogen) atoms. The van der Waals surface area contributed by atoms with Gasteiger partial charge in [-0.1, -0.05) is 0 Å². The summed E-state index contributed by atoms with van der Waals surface area (Å²) < 4.78 is 0.611. The third kappa shape index (κ3) is 1.91. The van der Waals surface area contributed by atoms with Crippen LogP contribution in [0.25, 0.3) is 0 Å². The number of aldehydes is 1. The van der Waals surface area contributed by atoms with E-state index in [1.807, 2.05) is 0 Å². The van der Waals surface area contributed by atoms with E-state index in [-0.39, 0.29) is 6.42 Å². The zero-order valence-electron chi connectivity index (χ0n) is 6.45. The van der Waals surface area contributed by atoms with Crippen LogP contribution in [0, 0.1) is 0 Å². The number of hydrogen-bond donors (Lipinski definition) is 1. The Morgan fingerprint density at radius 3 is 3.00 bits per heavy atom.